The Hall–Kier alpha value is -1.60. The highest BCUT2D eigenvalue weighted by Gasteiger charge is 2.71. The molecule has 0 heterocycles. The summed E-state index contributed by atoms with van der Waals surface area (Å²) in [5.74, 6) is -0.381. The van der Waals surface area contributed by atoms with Crippen LogP contribution in [0.4, 0.5) is 4.79 Å². The van der Waals surface area contributed by atoms with Gasteiger partial charge in [-0.15, -0.1) is 0 Å². The summed E-state index contributed by atoms with van der Waals surface area (Å²) in [4.78, 5) is 12.3. The summed E-state index contributed by atoms with van der Waals surface area (Å²) in [5.41, 5.74) is 6.17. The largest absolute Gasteiger partial charge is 0.444 e. The fourth-order valence-corrected chi connectivity index (χ4v) is 5.33. The van der Waals surface area contributed by atoms with Crippen molar-refractivity contribution in [2.24, 2.45) is 5.73 Å². The summed E-state index contributed by atoms with van der Waals surface area (Å²) in [6.45, 7) is 8.86. The van der Waals surface area contributed by atoms with E-state index in [-0.39, 0.29) is 18.2 Å². The van der Waals surface area contributed by atoms with Gasteiger partial charge in [0, 0.05) is 18.2 Å². The van der Waals surface area contributed by atoms with Crippen LogP contribution < -0.4 is 11.1 Å². The maximum Gasteiger partial charge on any atom is 0.408 e. The lowest BCUT2D eigenvalue weighted by atomic mass is 10.0. The van der Waals surface area contributed by atoms with Gasteiger partial charge >= 0.3 is 6.09 Å². The first-order valence-electron chi connectivity index (χ1n) is 8.46. The molecule has 1 aliphatic rings. The van der Waals surface area contributed by atoms with E-state index in [0.717, 1.165) is 11.1 Å². The molecule has 1 amide bonds. The van der Waals surface area contributed by atoms with Crippen LogP contribution >= 0.6 is 0 Å². The Morgan fingerprint density at radius 2 is 1.84 bits per heavy atom. The van der Waals surface area contributed by atoms with Crippen molar-refractivity contribution in [3.05, 3.63) is 35.4 Å². The van der Waals surface area contributed by atoms with Crippen molar-refractivity contribution >= 4 is 15.9 Å². The van der Waals surface area contributed by atoms with Crippen molar-refractivity contribution < 1.29 is 17.9 Å². The average Bonchev–Trinajstić information content (AvgIpc) is 3.15. The number of carbonyl (C=O) groups excluding carboxylic acids is 1. The summed E-state index contributed by atoms with van der Waals surface area (Å²) in [6, 6.07) is 7.65. The molecule has 1 aromatic carbocycles. The Bertz CT molecular complexity index is 737. The normalized spacial score (nSPS) is 26.2. The second-order valence-corrected chi connectivity index (χ2v) is 10.0. The molecule has 1 aromatic rings. The van der Waals surface area contributed by atoms with E-state index in [1.807, 2.05) is 31.2 Å². The first-order valence-corrected chi connectivity index (χ1v) is 10.2. The number of carbonyl (C=O) groups is 1. The van der Waals surface area contributed by atoms with Gasteiger partial charge in [-0.05, 0) is 33.3 Å². The number of aryl methyl sites for hydroxylation is 1. The number of hydrogen-bond acceptors (Lipinski definition) is 5. The minimum absolute atomic E-state index is 0.00221. The minimum Gasteiger partial charge on any atom is -0.444 e. The quantitative estimate of drug-likeness (QED) is 0.829. The molecule has 0 bridgehead atoms. The molecule has 0 unspecified atom stereocenters. The van der Waals surface area contributed by atoms with Crippen molar-refractivity contribution in [1.82, 2.24) is 5.32 Å². The summed E-state index contributed by atoms with van der Waals surface area (Å²) in [5, 5.41) is 2.02. The zero-order chi connectivity index (χ0) is 19.0. The van der Waals surface area contributed by atoms with Crippen molar-refractivity contribution in [2.45, 2.75) is 56.9 Å². The van der Waals surface area contributed by atoms with E-state index >= 15 is 0 Å². The molecule has 0 radical (unpaired) electrons. The van der Waals surface area contributed by atoms with Gasteiger partial charge in [0.2, 0.25) is 0 Å². The fraction of sp³-hybridized carbons (Fsp3) is 0.611. The zero-order valence-corrected chi connectivity index (χ0v) is 16.3. The van der Waals surface area contributed by atoms with Crippen molar-refractivity contribution in [2.75, 3.05) is 12.3 Å². The van der Waals surface area contributed by atoms with Crippen LogP contribution in [0.5, 0.6) is 0 Å². The molecule has 6 nitrogen and oxygen atoms in total. The second kappa shape index (κ2) is 6.61. The Balaban J connectivity index is 2.38. The molecule has 0 aromatic heterocycles. The van der Waals surface area contributed by atoms with E-state index in [9.17, 15) is 13.2 Å². The Kier molecular flexibility index (Phi) is 5.21. The molecule has 0 saturated heterocycles. The summed E-state index contributed by atoms with van der Waals surface area (Å²) >= 11 is 0. The molecular formula is C18H28N2O4S. The van der Waals surface area contributed by atoms with Gasteiger partial charge in [-0.3, -0.25) is 0 Å². The number of sulfone groups is 1. The van der Waals surface area contributed by atoms with E-state index < -0.39 is 32.3 Å². The van der Waals surface area contributed by atoms with E-state index in [1.165, 1.54) is 0 Å². The van der Waals surface area contributed by atoms with Crippen LogP contribution in [0.2, 0.25) is 0 Å². The highest BCUT2D eigenvalue weighted by molar-refractivity contribution is 7.92. The molecule has 140 valence electrons. The molecule has 0 aliphatic heterocycles. The van der Waals surface area contributed by atoms with Crippen LogP contribution in [0.25, 0.3) is 0 Å². The molecule has 1 fully saturated rings. The van der Waals surface area contributed by atoms with E-state index in [2.05, 4.69) is 5.32 Å². The minimum atomic E-state index is -3.39. The third-order valence-corrected chi connectivity index (χ3v) is 6.82. The standard InChI is InChI=1S/C18H28N2O4S/c1-6-25(22,23)15-14(13-9-7-12(2)8-10-13)18(15,11-19)20-16(21)24-17(3,4)5/h7-10,14-15H,6,11,19H2,1-5H3,(H,20,21)/t14-,15-,18+/m0/s1. The molecular weight excluding hydrogens is 340 g/mol. The van der Waals surface area contributed by atoms with Gasteiger partial charge in [-0.2, -0.15) is 0 Å². The van der Waals surface area contributed by atoms with Gasteiger partial charge in [0.25, 0.3) is 0 Å². The maximum atomic E-state index is 12.6. The number of benzene rings is 1. The lowest BCUT2D eigenvalue weighted by Gasteiger charge is -2.24. The monoisotopic (exact) mass is 368 g/mol. The van der Waals surface area contributed by atoms with Crippen LogP contribution in [0.1, 0.15) is 44.7 Å². The van der Waals surface area contributed by atoms with Gasteiger partial charge in [0.1, 0.15) is 5.60 Å². The number of amides is 1. The third-order valence-electron chi connectivity index (χ3n) is 4.55. The molecule has 3 N–H and O–H groups in total. The molecule has 7 heteroatoms. The van der Waals surface area contributed by atoms with E-state index in [0.29, 0.717) is 0 Å². The third kappa shape index (κ3) is 3.98. The molecule has 3 atom stereocenters. The highest BCUT2D eigenvalue weighted by Crippen LogP contribution is 2.55. The number of ether oxygens (including phenoxy) is 1. The Morgan fingerprint density at radius 3 is 2.28 bits per heavy atom. The Morgan fingerprint density at radius 1 is 1.28 bits per heavy atom. The molecule has 0 spiro atoms. The maximum absolute atomic E-state index is 12.6. The lowest BCUT2D eigenvalue weighted by Crippen LogP contribution is -2.49. The SMILES string of the molecule is CCS(=O)(=O)[C@H]1[C@H](c2ccc(C)cc2)[C@@]1(CN)NC(=O)OC(C)(C)C. The van der Waals surface area contributed by atoms with Gasteiger partial charge in [-0.1, -0.05) is 36.8 Å². The van der Waals surface area contributed by atoms with Crippen molar-refractivity contribution in [3.8, 4) is 0 Å². The second-order valence-electron chi connectivity index (χ2n) is 7.63. The van der Waals surface area contributed by atoms with E-state index in [4.69, 9.17) is 10.5 Å². The number of nitrogens with one attached hydrogen (secondary N) is 1. The van der Waals surface area contributed by atoms with Crippen molar-refractivity contribution in [3.63, 3.8) is 0 Å². The van der Waals surface area contributed by atoms with Gasteiger partial charge in [-0.25, -0.2) is 13.2 Å². The van der Waals surface area contributed by atoms with Crippen LogP contribution in [-0.4, -0.2) is 43.2 Å². The molecule has 25 heavy (non-hydrogen) atoms. The summed E-state index contributed by atoms with van der Waals surface area (Å²) < 4.78 is 30.5. The van der Waals surface area contributed by atoms with Crippen molar-refractivity contribution in [1.29, 1.82) is 0 Å². The average molecular weight is 368 g/mol. The number of hydrogen-bond donors (Lipinski definition) is 2. The fourth-order valence-electron chi connectivity index (χ4n) is 3.29. The predicted molar refractivity (Wildman–Crippen MR) is 98.3 cm³/mol. The molecule has 1 saturated carbocycles. The predicted octanol–water partition coefficient (Wildman–Crippen LogP) is 2.12. The van der Waals surface area contributed by atoms with Crippen LogP contribution in [-0.2, 0) is 14.6 Å². The van der Waals surface area contributed by atoms with Crippen LogP contribution in [0, 0.1) is 6.92 Å². The topological polar surface area (TPSA) is 98.5 Å². The first-order chi connectivity index (χ1) is 11.5. The number of alkyl carbamates (subject to hydrolysis) is 1. The van der Waals surface area contributed by atoms with Gasteiger partial charge < -0.3 is 15.8 Å². The first kappa shape index (κ1) is 19.7. The van der Waals surface area contributed by atoms with E-state index in [1.54, 1.807) is 27.7 Å². The summed E-state index contributed by atoms with van der Waals surface area (Å²) in [7, 11) is -3.39. The highest BCUT2D eigenvalue weighted by atomic mass is 32.2. The number of nitrogens with two attached hydrogens (primary N) is 1. The van der Waals surface area contributed by atoms with Gasteiger partial charge in [0.05, 0.1) is 10.8 Å². The molecule has 2 rings (SSSR count). The lowest BCUT2D eigenvalue weighted by molar-refractivity contribution is 0.0497. The molecule has 1 aliphatic carbocycles. The number of rotatable bonds is 5. The smallest absolute Gasteiger partial charge is 0.408 e. The van der Waals surface area contributed by atoms with Gasteiger partial charge in [0.15, 0.2) is 9.84 Å². The Labute approximate surface area is 150 Å². The van der Waals surface area contributed by atoms with Crippen LogP contribution in [0.3, 0.4) is 0 Å². The van der Waals surface area contributed by atoms with Crippen LogP contribution in [0.15, 0.2) is 24.3 Å². The zero-order valence-electron chi connectivity index (χ0n) is 15.5. The summed E-state index contributed by atoms with van der Waals surface area (Å²) in [6.07, 6.45) is -0.649.